The second-order valence-electron chi connectivity index (χ2n) is 0.894. The van der Waals surface area contributed by atoms with Crippen molar-refractivity contribution >= 4 is 61.1 Å². The van der Waals surface area contributed by atoms with Crippen molar-refractivity contribution in [1.29, 1.82) is 0 Å². The van der Waals surface area contributed by atoms with Gasteiger partial charge < -0.3 is 38.5 Å². The molecule has 0 saturated heterocycles. The van der Waals surface area contributed by atoms with Crippen LogP contribution in [0.3, 0.4) is 0 Å². The summed E-state index contributed by atoms with van der Waals surface area (Å²) in [5.74, 6) is 0. The molecule has 0 aliphatic carbocycles. The monoisotopic (exact) mass is 376 g/mol. The molecule has 12 heavy (non-hydrogen) atoms. The summed E-state index contributed by atoms with van der Waals surface area (Å²) < 4.78 is 17.1. The minimum absolute atomic E-state index is 0. The molecular formula is MoO8P2Sr. The molecule has 0 aliphatic heterocycles. The van der Waals surface area contributed by atoms with Gasteiger partial charge in [-0.05, 0) is 0 Å². The van der Waals surface area contributed by atoms with Crippen molar-refractivity contribution in [3.8, 4) is 0 Å². The maximum atomic E-state index is 8.55. The summed E-state index contributed by atoms with van der Waals surface area (Å²) in [4.78, 5) is 51.3. The standard InChI is InChI=1S/Mo.2H3O4P.Sr/c;2*1-5(2,3)4;/h;2*(H3,1,2,3,4);/q+4;;;+2/p-6. The maximum absolute atomic E-state index is 8.55. The molecule has 0 aromatic heterocycles. The molecule has 66 valence electrons. The average molecular weight is 374 g/mol. The Morgan fingerprint density at radius 3 is 0.667 bits per heavy atom. The van der Waals surface area contributed by atoms with E-state index >= 15 is 0 Å². The van der Waals surface area contributed by atoms with Gasteiger partial charge in [0.1, 0.15) is 0 Å². The van der Waals surface area contributed by atoms with Crippen LogP contribution in [-0.2, 0) is 30.2 Å². The zero-order chi connectivity index (χ0) is 9.00. The first-order valence-electron chi connectivity index (χ1n) is 1.46. The van der Waals surface area contributed by atoms with Crippen molar-refractivity contribution < 1.29 is 59.6 Å². The molecule has 0 aliphatic rings. The average Bonchev–Trinajstić information content (AvgIpc) is 1.12. The van der Waals surface area contributed by atoms with Gasteiger partial charge in [0.05, 0.1) is 0 Å². The van der Waals surface area contributed by atoms with Crippen LogP contribution in [0.15, 0.2) is 0 Å². The molecule has 0 atom stereocenters. The Labute approximate surface area is 119 Å². The third-order valence-electron chi connectivity index (χ3n) is 0. The van der Waals surface area contributed by atoms with E-state index < -0.39 is 15.6 Å². The molecule has 0 rings (SSSR count). The predicted octanol–water partition coefficient (Wildman–Crippen LogP) is -6.03. The molecule has 12 heteroatoms. The molecule has 0 radical (unpaired) electrons. The van der Waals surface area contributed by atoms with E-state index in [1.807, 2.05) is 0 Å². The summed E-state index contributed by atoms with van der Waals surface area (Å²) in [5.41, 5.74) is 0. The van der Waals surface area contributed by atoms with E-state index in [4.69, 9.17) is 38.5 Å². The SMILES string of the molecule is O=P([O-])([O-])[O-].O=P([O-])([O-])[O-].[Mo+4].[Sr+2]. The summed E-state index contributed by atoms with van der Waals surface area (Å²) in [6.45, 7) is 0. The van der Waals surface area contributed by atoms with Crippen molar-refractivity contribution in [1.82, 2.24) is 0 Å². The van der Waals surface area contributed by atoms with E-state index in [1.165, 1.54) is 0 Å². The van der Waals surface area contributed by atoms with E-state index in [9.17, 15) is 0 Å². The Hall–Kier alpha value is 2.39. The van der Waals surface area contributed by atoms with Crippen LogP contribution in [0.5, 0.6) is 0 Å². The smallest absolute Gasteiger partial charge is 0.822 e. The molecular weight excluding hydrogens is 374 g/mol. The quantitative estimate of drug-likeness (QED) is 0.298. The van der Waals surface area contributed by atoms with Gasteiger partial charge in [0.15, 0.2) is 0 Å². The second-order valence-corrected chi connectivity index (χ2v) is 2.68. The van der Waals surface area contributed by atoms with Gasteiger partial charge in [0, 0.05) is 0 Å². The normalized spacial score (nSPS) is 9.83. The van der Waals surface area contributed by atoms with Gasteiger partial charge in [-0.1, -0.05) is 0 Å². The van der Waals surface area contributed by atoms with Crippen LogP contribution in [0, 0.1) is 0 Å². The first-order chi connectivity index (χ1) is 4.00. The second kappa shape index (κ2) is 9.93. The topological polar surface area (TPSA) is 172 Å². The van der Waals surface area contributed by atoms with Crippen LogP contribution in [0.4, 0.5) is 0 Å². The Morgan fingerprint density at radius 2 is 0.667 bits per heavy atom. The van der Waals surface area contributed by atoms with Crippen molar-refractivity contribution in [3.05, 3.63) is 0 Å². The summed E-state index contributed by atoms with van der Waals surface area (Å²) >= 11 is 0. The van der Waals surface area contributed by atoms with Gasteiger partial charge >= 0.3 is 66.5 Å². The predicted molar refractivity (Wildman–Crippen MR) is 21.0 cm³/mol. The fourth-order valence-electron chi connectivity index (χ4n) is 0. The molecule has 0 unspecified atom stereocenters. The molecule has 0 saturated carbocycles. The van der Waals surface area contributed by atoms with E-state index in [0.29, 0.717) is 0 Å². The Balaban J connectivity index is -0.0000000457. The summed E-state index contributed by atoms with van der Waals surface area (Å²) in [5, 5.41) is 0. The Bertz CT molecular complexity index is 129. The fourth-order valence-corrected chi connectivity index (χ4v) is 0. The van der Waals surface area contributed by atoms with Crippen molar-refractivity contribution in [2.24, 2.45) is 0 Å². The van der Waals surface area contributed by atoms with Crippen molar-refractivity contribution in [2.45, 2.75) is 0 Å². The van der Waals surface area contributed by atoms with E-state index in [2.05, 4.69) is 0 Å². The third kappa shape index (κ3) is 282. The maximum Gasteiger partial charge on any atom is 4.00 e. The van der Waals surface area contributed by atoms with Gasteiger partial charge in [-0.3, -0.25) is 0 Å². The molecule has 0 fully saturated rings. The summed E-state index contributed by atoms with van der Waals surface area (Å²) in [6.07, 6.45) is 0. The minimum Gasteiger partial charge on any atom is -0.822 e. The Kier molecular flexibility index (Phi) is 19.8. The van der Waals surface area contributed by atoms with Crippen LogP contribution in [0.1, 0.15) is 0 Å². The number of hydrogen-bond acceptors (Lipinski definition) is 8. The van der Waals surface area contributed by atoms with Crippen molar-refractivity contribution in [3.63, 3.8) is 0 Å². The third-order valence-corrected chi connectivity index (χ3v) is 0. The van der Waals surface area contributed by atoms with Gasteiger partial charge in [0.2, 0.25) is 0 Å². The molecule has 0 heterocycles. The number of rotatable bonds is 0. The minimum atomic E-state index is -5.39. The van der Waals surface area contributed by atoms with Crippen LogP contribution in [0.25, 0.3) is 0 Å². The van der Waals surface area contributed by atoms with E-state index in [0.717, 1.165) is 0 Å². The first kappa shape index (κ1) is 23.9. The molecule has 0 amide bonds. The number of phosphoric acid groups is 2. The zero-order valence-electron chi connectivity index (χ0n) is 5.28. The van der Waals surface area contributed by atoms with Gasteiger partial charge in [-0.2, -0.15) is 15.6 Å². The molecule has 0 aromatic rings. The van der Waals surface area contributed by atoms with Crippen molar-refractivity contribution in [2.75, 3.05) is 0 Å². The number of hydrogen-bond donors (Lipinski definition) is 0. The van der Waals surface area contributed by atoms with Gasteiger partial charge in [0.25, 0.3) is 0 Å². The largest absolute Gasteiger partial charge is 4.00 e. The Morgan fingerprint density at radius 1 is 0.667 bits per heavy atom. The molecule has 8 nitrogen and oxygen atoms in total. The molecule has 0 aromatic carbocycles. The van der Waals surface area contributed by atoms with E-state index in [-0.39, 0.29) is 66.5 Å². The van der Waals surface area contributed by atoms with Crippen LogP contribution < -0.4 is 29.4 Å². The van der Waals surface area contributed by atoms with Crippen LogP contribution in [0.2, 0.25) is 0 Å². The van der Waals surface area contributed by atoms with Crippen LogP contribution >= 0.6 is 15.6 Å². The summed E-state index contributed by atoms with van der Waals surface area (Å²) in [7, 11) is -10.8. The summed E-state index contributed by atoms with van der Waals surface area (Å²) in [6, 6.07) is 0. The van der Waals surface area contributed by atoms with Gasteiger partial charge in [-0.15, -0.1) is 0 Å². The molecule has 0 bridgehead atoms. The van der Waals surface area contributed by atoms with Gasteiger partial charge in [-0.25, -0.2) is 0 Å². The molecule has 0 spiro atoms. The zero-order valence-corrected chi connectivity index (χ0v) is 12.5. The fraction of sp³-hybridized carbons (Fsp3) is 0. The van der Waals surface area contributed by atoms with E-state index in [1.54, 1.807) is 0 Å². The molecule has 0 N–H and O–H groups in total. The van der Waals surface area contributed by atoms with Crippen LogP contribution in [-0.4, -0.2) is 45.5 Å². The first-order valence-corrected chi connectivity index (χ1v) is 4.38.